The number of sulfonamides is 1. The molecule has 1 amide bonds. The maximum atomic E-state index is 12.3. The number of rotatable bonds is 8. The molecular formula is C20H21N3O4S2. The molecule has 0 saturated heterocycles. The van der Waals surface area contributed by atoms with Crippen LogP contribution in [0.15, 0.2) is 58.8 Å². The summed E-state index contributed by atoms with van der Waals surface area (Å²) in [6, 6.07) is 14.0. The van der Waals surface area contributed by atoms with Crippen molar-refractivity contribution in [3.8, 4) is 16.3 Å². The van der Waals surface area contributed by atoms with Crippen molar-refractivity contribution in [1.29, 1.82) is 0 Å². The molecule has 0 saturated carbocycles. The number of benzene rings is 2. The van der Waals surface area contributed by atoms with E-state index in [-0.39, 0.29) is 23.9 Å². The van der Waals surface area contributed by atoms with Crippen LogP contribution in [0.4, 0.5) is 0 Å². The molecule has 0 fully saturated rings. The highest BCUT2D eigenvalue weighted by Gasteiger charge is 2.15. The molecule has 7 nitrogen and oxygen atoms in total. The predicted octanol–water partition coefficient (Wildman–Crippen LogP) is 2.84. The van der Waals surface area contributed by atoms with E-state index in [0.29, 0.717) is 11.4 Å². The Labute approximate surface area is 173 Å². The van der Waals surface area contributed by atoms with Crippen LogP contribution in [-0.2, 0) is 10.0 Å². The average Bonchev–Trinajstić information content (AvgIpc) is 3.22. The van der Waals surface area contributed by atoms with Gasteiger partial charge in [-0.05, 0) is 31.2 Å². The van der Waals surface area contributed by atoms with Crippen LogP contribution in [0.1, 0.15) is 16.1 Å². The molecule has 0 spiro atoms. The molecule has 9 heteroatoms. The number of aromatic nitrogens is 1. The summed E-state index contributed by atoms with van der Waals surface area (Å²) in [5, 5.41) is 5.12. The number of nitrogens with zero attached hydrogens (tertiary/aromatic N) is 1. The van der Waals surface area contributed by atoms with E-state index in [4.69, 9.17) is 4.74 Å². The first-order chi connectivity index (χ1) is 13.9. The van der Waals surface area contributed by atoms with Gasteiger partial charge in [-0.1, -0.05) is 29.8 Å². The number of amides is 1. The molecule has 1 aromatic heterocycles. The van der Waals surface area contributed by atoms with Crippen molar-refractivity contribution < 1.29 is 17.9 Å². The molecule has 0 unspecified atom stereocenters. The van der Waals surface area contributed by atoms with Crippen LogP contribution in [0.3, 0.4) is 0 Å². The standard InChI is InChI=1S/C20H21N3O4S2/c1-14-3-5-15(6-4-14)20-23-18(13-28-20)19(24)21-11-12-22-29(25,26)17-9-7-16(27-2)8-10-17/h3-10,13,22H,11-12H2,1-2H3,(H,21,24). The molecule has 152 valence electrons. The van der Waals surface area contributed by atoms with Gasteiger partial charge in [-0.25, -0.2) is 18.1 Å². The van der Waals surface area contributed by atoms with Gasteiger partial charge in [-0.15, -0.1) is 11.3 Å². The van der Waals surface area contributed by atoms with Gasteiger partial charge in [0.05, 0.1) is 12.0 Å². The Morgan fingerprint density at radius 3 is 2.41 bits per heavy atom. The van der Waals surface area contributed by atoms with Crippen molar-refractivity contribution in [1.82, 2.24) is 15.0 Å². The number of hydrogen-bond donors (Lipinski definition) is 2. The Kier molecular flexibility index (Phi) is 6.63. The van der Waals surface area contributed by atoms with Crippen molar-refractivity contribution in [2.24, 2.45) is 0 Å². The average molecular weight is 432 g/mol. The Bertz CT molecular complexity index is 1080. The second-order valence-electron chi connectivity index (χ2n) is 6.23. The maximum absolute atomic E-state index is 12.3. The van der Waals surface area contributed by atoms with E-state index in [1.807, 2.05) is 31.2 Å². The summed E-state index contributed by atoms with van der Waals surface area (Å²) < 4.78 is 32.0. The van der Waals surface area contributed by atoms with Crippen molar-refractivity contribution in [3.63, 3.8) is 0 Å². The van der Waals surface area contributed by atoms with Crippen LogP contribution in [0, 0.1) is 6.92 Å². The van der Waals surface area contributed by atoms with E-state index in [1.165, 1.54) is 30.6 Å². The fourth-order valence-electron chi connectivity index (χ4n) is 2.50. The number of thiazole rings is 1. The Morgan fingerprint density at radius 1 is 1.07 bits per heavy atom. The zero-order valence-electron chi connectivity index (χ0n) is 16.0. The molecular weight excluding hydrogens is 410 g/mol. The summed E-state index contributed by atoms with van der Waals surface area (Å²) in [6.07, 6.45) is 0. The van der Waals surface area contributed by atoms with Crippen molar-refractivity contribution >= 4 is 27.3 Å². The summed E-state index contributed by atoms with van der Waals surface area (Å²) in [5.74, 6) is 0.229. The van der Waals surface area contributed by atoms with Crippen LogP contribution in [0.5, 0.6) is 5.75 Å². The topological polar surface area (TPSA) is 97.4 Å². The Hall–Kier alpha value is -2.75. The first kappa shape index (κ1) is 21.0. The van der Waals surface area contributed by atoms with Gasteiger partial charge in [0, 0.05) is 24.0 Å². The lowest BCUT2D eigenvalue weighted by Gasteiger charge is -2.08. The largest absolute Gasteiger partial charge is 0.497 e. The van der Waals surface area contributed by atoms with E-state index in [0.717, 1.165) is 16.1 Å². The number of methoxy groups -OCH3 is 1. The fourth-order valence-corrected chi connectivity index (χ4v) is 4.34. The van der Waals surface area contributed by atoms with Gasteiger partial charge >= 0.3 is 0 Å². The van der Waals surface area contributed by atoms with Crippen LogP contribution in [0.25, 0.3) is 10.6 Å². The number of ether oxygens (including phenoxy) is 1. The van der Waals surface area contributed by atoms with Crippen LogP contribution in [-0.4, -0.2) is 39.5 Å². The molecule has 2 aromatic carbocycles. The lowest BCUT2D eigenvalue weighted by Crippen LogP contribution is -2.34. The Morgan fingerprint density at radius 2 is 1.76 bits per heavy atom. The van der Waals surface area contributed by atoms with Crippen molar-refractivity contribution in [2.75, 3.05) is 20.2 Å². The first-order valence-corrected chi connectivity index (χ1v) is 11.2. The van der Waals surface area contributed by atoms with Gasteiger partial charge in [0.2, 0.25) is 10.0 Å². The Balaban J connectivity index is 1.51. The molecule has 0 aliphatic rings. The summed E-state index contributed by atoms with van der Waals surface area (Å²) in [6.45, 7) is 2.22. The third-order valence-corrected chi connectivity index (χ3v) is 6.48. The van der Waals surface area contributed by atoms with Gasteiger partial charge in [0.15, 0.2) is 0 Å². The molecule has 1 heterocycles. The summed E-state index contributed by atoms with van der Waals surface area (Å²) >= 11 is 1.39. The van der Waals surface area contributed by atoms with Crippen LogP contribution in [0.2, 0.25) is 0 Å². The van der Waals surface area contributed by atoms with Crippen molar-refractivity contribution in [3.05, 3.63) is 65.2 Å². The van der Waals surface area contributed by atoms with Gasteiger partial charge in [-0.3, -0.25) is 4.79 Å². The molecule has 0 radical (unpaired) electrons. The molecule has 0 atom stereocenters. The summed E-state index contributed by atoms with van der Waals surface area (Å²) in [5.41, 5.74) is 2.41. The zero-order valence-corrected chi connectivity index (χ0v) is 17.6. The molecule has 0 bridgehead atoms. The highest BCUT2D eigenvalue weighted by molar-refractivity contribution is 7.89. The molecule has 29 heavy (non-hydrogen) atoms. The maximum Gasteiger partial charge on any atom is 0.270 e. The minimum absolute atomic E-state index is 0.0645. The predicted molar refractivity (Wildman–Crippen MR) is 113 cm³/mol. The first-order valence-electron chi connectivity index (χ1n) is 8.83. The molecule has 3 aromatic rings. The lowest BCUT2D eigenvalue weighted by molar-refractivity contribution is 0.0950. The molecule has 2 N–H and O–H groups in total. The van der Waals surface area contributed by atoms with E-state index in [1.54, 1.807) is 17.5 Å². The van der Waals surface area contributed by atoms with Crippen molar-refractivity contribution in [2.45, 2.75) is 11.8 Å². The van der Waals surface area contributed by atoms with E-state index < -0.39 is 10.0 Å². The second kappa shape index (κ2) is 9.17. The van der Waals surface area contributed by atoms with E-state index in [9.17, 15) is 13.2 Å². The van der Waals surface area contributed by atoms with Gasteiger partial charge in [0.25, 0.3) is 5.91 Å². The monoisotopic (exact) mass is 431 g/mol. The zero-order chi connectivity index (χ0) is 20.9. The highest BCUT2D eigenvalue weighted by Crippen LogP contribution is 2.24. The molecule has 3 rings (SSSR count). The smallest absolute Gasteiger partial charge is 0.270 e. The lowest BCUT2D eigenvalue weighted by atomic mass is 10.2. The number of carbonyl (C=O) groups is 1. The third kappa shape index (κ3) is 5.41. The minimum Gasteiger partial charge on any atom is -0.497 e. The van der Waals surface area contributed by atoms with Crippen LogP contribution < -0.4 is 14.8 Å². The summed E-state index contributed by atoms with van der Waals surface area (Å²) in [4.78, 5) is 16.7. The fraction of sp³-hybridized carbons (Fsp3) is 0.200. The quantitative estimate of drug-likeness (QED) is 0.535. The van der Waals surface area contributed by atoms with E-state index in [2.05, 4.69) is 15.0 Å². The van der Waals surface area contributed by atoms with Gasteiger partial charge < -0.3 is 10.1 Å². The minimum atomic E-state index is -3.65. The van der Waals surface area contributed by atoms with E-state index >= 15 is 0 Å². The number of carbonyl (C=O) groups excluding carboxylic acids is 1. The third-order valence-electron chi connectivity index (χ3n) is 4.11. The van der Waals surface area contributed by atoms with Gasteiger partial charge in [-0.2, -0.15) is 0 Å². The highest BCUT2D eigenvalue weighted by atomic mass is 32.2. The SMILES string of the molecule is COc1ccc(S(=O)(=O)NCCNC(=O)c2csc(-c3ccc(C)cc3)n2)cc1. The normalized spacial score (nSPS) is 11.2. The van der Waals surface area contributed by atoms with Crippen LogP contribution >= 0.6 is 11.3 Å². The summed E-state index contributed by atoms with van der Waals surface area (Å²) in [7, 11) is -2.14. The van der Waals surface area contributed by atoms with Gasteiger partial charge in [0.1, 0.15) is 16.5 Å². The molecule has 0 aliphatic carbocycles. The number of aryl methyl sites for hydroxylation is 1. The second-order valence-corrected chi connectivity index (χ2v) is 8.86. The molecule has 0 aliphatic heterocycles. The number of hydrogen-bond acceptors (Lipinski definition) is 6. The number of nitrogens with one attached hydrogen (secondary N) is 2.